The minimum atomic E-state index is 0. The molecule has 4 aromatic carbocycles. The Hall–Kier alpha value is -1.56. The van der Waals surface area contributed by atoms with Gasteiger partial charge in [-0.3, -0.25) is 0 Å². The minimum Gasteiger partial charge on any atom is -0.748 e. The van der Waals surface area contributed by atoms with Crippen LogP contribution in [0, 0.1) is 0 Å². The van der Waals surface area contributed by atoms with Crippen molar-refractivity contribution in [1.29, 1.82) is 0 Å². The quantitative estimate of drug-likeness (QED) is 0.227. The number of hydrogen-bond donors (Lipinski definition) is 0. The molecule has 0 aliphatic carbocycles. The second-order valence-corrected chi connectivity index (χ2v) is 6.06. The van der Waals surface area contributed by atoms with Crippen LogP contribution in [-0.4, -0.2) is 0 Å². The van der Waals surface area contributed by atoms with E-state index in [1.165, 1.54) is 30.4 Å². The van der Waals surface area contributed by atoms with Crippen molar-refractivity contribution < 1.29 is 34.1 Å². The van der Waals surface area contributed by atoms with Gasteiger partial charge in [0.25, 0.3) is 0 Å². The average molecular weight is 440 g/mol. The molecule has 0 radical (unpaired) electrons. The summed E-state index contributed by atoms with van der Waals surface area (Å²) in [5.74, 6) is 0.606. The fraction of sp³-hybridized carbons (Fsp3) is 0.200. The Kier molecular flexibility index (Phi) is 15.6. The van der Waals surface area contributed by atoms with Crippen LogP contribution in [0.2, 0.25) is 0 Å². The number of rotatable bonds is 5. The normalized spacial score (nSPS) is 9.11. The van der Waals surface area contributed by atoms with Crippen LogP contribution in [0.3, 0.4) is 0 Å². The molecular formula is C25H28Fe2-8. The SMILES string of the molecule is CCCCC([c-]1cccc1)[c-]1cccc1.[Fe].[Fe].[cH-]1[cH-][cH-][cH-][cH-]1.c1cc[cH-]c1. The van der Waals surface area contributed by atoms with Crippen molar-refractivity contribution in [3.63, 3.8) is 0 Å². The van der Waals surface area contributed by atoms with E-state index in [1.807, 2.05) is 60.7 Å². The summed E-state index contributed by atoms with van der Waals surface area (Å²) in [4.78, 5) is 0. The summed E-state index contributed by atoms with van der Waals surface area (Å²) in [6.07, 6.45) is 3.85. The molecule has 0 unspecified atom stereocenters. The van der Waals surface area contributed by atoms with Gasteiger partial charge in [-0.05, 0) is 0 Å². The minimum absolute atomic E-state index is 0. The zero-order valence-electron chi connectivity index (χ0n) is 15.8. The van der Waals surface area contributed by atoms with E-state index in [1.54, 1.807) is 0 Å². The van der Waals surface area contributed by atoms with Crippen LogP contribution in [0.25, 0.3) is 0 Å². The summed E-state index contributed by atoms with van der Waals surface area (Å²) in [5, 5.41) is 0. The van der Waals surface area contributed by atoms with Gasteiger partial charge in [0.15, 0.2) is 0 Å². The van der Waals surface area contributed by atoms with E-state index in [-0.39, 0.29) is 34.1 Å². The first-order chi connectivity index (χ1) is 12.4. The van der Waals surface area contributed by atoms with E-state index < -0.39 is 0 Å². The molecule has 152 valence electrons. The van der Waals surface area contributed by atoms with Crippen molar-refractivity contribution >= 4 is 0 Å². The van der Waals surface area contributed by atoms with Crippen molar-refractivity contribution in [2.24, 2.45) is 0 Å². The molecule has 0 fully saturated rings. The molecule has 4 aromatic rings. The Bertz CT molecular complexity index is 592. The maximum Gasteiger partial charge on any atom is 0 e. The van der Waals surface area contributed by atoms with E-state index in [9.17, 15) is 0 Å². The van der Waals surface area contributed by atoms with Crippen LogP contribution in [0.15, 0.2) is 109 Å². The summed E-state index contributed by atoms with van der Waals surface area (Å²) in [6, 6.07) is 37.5. The molecule has 27 heavy (non-hydrogen) atoms. The Morgan fingerprint density at radius 2 is 1.07 bits per heavy atom. The standard InChI is InChI=1S/C15H18.2C5H5.2Fe/c1-2-3-12-15(13-8-4-5-9-13)14-10-6-7-11-14;2*1-2-4-5-3-1;;/h4-11,15H,2-3,12H2,1H3;2*1-5H;;/q-2;-5;-1;;. The van der Waals surface area contributed by atoms with Gasteiger partial charge in [0.05, 0.1) is 0 Å². The fourth-order valence-corrected chi connectivity index (χ4v) is 2.82. The van der Waals surface area contributed by atoms with E-state index in [0.29, 0.717) is 5.92 Å². The third kappa shape index (κ3) is 10.4. The van der Waals surface area contributed by atoms with Crippen LogP contribution in [0.4, 0.5) is 0 Å². The largest absolute Gasteiger partial charge is 0.748 e. The molecule has 0 bridgehead atoms. The van der Waals surface area contributed by atoms with Gasteiger partial charge in [-0.15, -0.1) is 0 Å². The summed E-state index contributed by atoms with van der Waals surface area (Å²) in [7, 11) is 0. The monoisotopic (exact) mass is 440 g/mol. The van der Waals surface area contributed by atoms with Gasteiger partial charge >= 0.3 is 0 Å². The van der Waals surface area contributed by atoms with Gasteiger partial charge in [-0.1, -0.05) is 32.1 Å². The first-order valence-electron chi connectivity index (χ1n) is 9.18. The molecule has 0 saturated heterocycles. The van der Waals surface area contributed by atoms with E-state index in [2.05, 4.69) is 55.5 Å². The topological polar surface area (TPSA) is 0 Å². The zero-order valence-corrected chi connectivity index (χ0v) is 18.0. The van der Waals surface area contributed by atoms with Crippen molar-refractivity contribution in [2.45, 2.75) is 32.1 Å². The van der Waals surface area contributed by atoms with Crippen LogP contribution >= 0.6 is 0 Å². The van der Waals surface area contributed by atoms with Gasteiger partial charge in [-0.2, -0.15) is 53.6 Å². The van der Waals surface area contributed by atoms with Gasteiger partial charge in [0, 0.05) is 34.1 Å². The molecule has 0 amide bonds. The maximum absolute atomic E-state index is 2.26. The fourth-order valence-electron chi connectivity index (χ4n) is 2.82. The van der Waals surface area contributed by atoms with Crippen molar-refractivity contribution in [3.8, 4) is 0 Å². The smallest absolute Gasteiger partial charge is 0 e. The Morgan fingerprint density at radius 1 is 0.667 bits per heavy atom. The molecule has 0 aliphatic heterocycles. The van der Waals surface area contributed by atoms with E-state index in [4.69, 9.17) is 0 Å². The molecule has 0 atom stereocenters. The molecule has 0 heterocycles. The Balaban J connectivity index is 0.000000465. The first kappa shape index (κ1) is 25.4. The maximum atomic E-state index is 2.26. The first-order valence-corrected chi connectivity index (χ1v) is 9.18. The van der Waals surface area contributed by atoms with Crippen LogP contribution in [0.1, 0.15) is 43.2 Å². The van der Waals surface area contributed by atoms with E-state index >= 15 is 0 Å². The molecule has 0 nitrogen and oxygen atoms in total. The third-order valence-electron chi connectivity index (χ3n) is 4.14. The van der Waals surface area contributed by atoms with E-state index in [0.717, 1.165) is 0 Å². The molecule has 0 aromatic heterocycles. The van der Waals surface area contributed by atoms with Gasteiger partial charge < -0.3 is 30.3 Å². The van der Waals surface area contributed by atoms with Crippen molar-refractivity contribution in [2.75, 3.05) is 0 Å². The second kappa shape index (κ2) is 16.6. The van der Waals surface area contributed by atoms with Crippen LogP contribution in [0.5, 0.6) is 0 Å². The van der Waals surface area contributed by atoms with Gasteiger partial charge in [-0.25, -0.2) is 36.4 Å². The predicted octanol–water partition coefficient (Wildman–Crippen LogP) is 7.25. The summed E-state index contributed by atoms with van der Waals surface area (Å²) in [6.45, 7) is 2.26. The number of unbranched alkanes of at least 4 members (excludes halogenated alkanes) is 1. The second-order valence-electron chi connectivity index (χ2n) is 6.06. The molecule has 0 N–H and O–H groups in total. The van der Waals surface area contributed by atoms with Crippen LogP contribution in [-0.2, 0) is 34.1 Å². The Morgan fingerprint density at radius 3 is 1.37 bits per heavy atom. The molecule has 0 saturated carbocycles. The van der Waals surface area contributed by atoms with Crippen LogP contribution < -0.4 is 0 Å². The summed E-state index contributed by atoms with van der Waals surface area (Å²) >= 11 is 0. The van der Waals surface area contributed by atoms with Gasteiger partial charge in [0.2, 0.25) is 0 Å². The van der Waals surface area contributed by atoms with Crippen molar-refractivity contribution in [3.05, 3.63) is 120 Å². The molecule has 2 heteroatoms. The molecule has 4 rings (SSSR count). The summed E-state index contributed by atoms with van der Waals surface area (Å²) in [5.41, 5.74) is 2.93. The summed E-state index contributed by atoms with van der Waals surface area (Å²) < 4.78 is 0. The average Bonchev–Trinajstić information content (AvgIpc) is 3.49. The number of hydrogen-bond acceptors (Lipinski definition) is 0. The molecular weight excluding hydrogens is 412 g/mol. The molecule has 0 aliphatic rings. The molecule has 0 spiro atoms. The van der Waals surface area contributed by atoms with Crippen molar-refractivity contribution in [1.82, 2.24) is 0 Å². The third-order valence-corrected chi connectivity index (χ3v) is 4.14. The zero-order chi connectivity index (χ0) is 17.6. The van der Waals surface area contributed by atoms with Gasteiger partial charge in [0.1, 0.15) is 0 Å². The Labute approximate surface area is 186 Å². The predicted molar refractivity (Wildman–Crippen MR) is 110 cm³/mol.